The summed E-state index contributed by atoms with van der Waals surface area (Å²) in [5.74, 6) is 0. The Kier molecular flexibility index (Phi) is 4.69. The summed E-state index contributed by atoms with van der Waals surface area (Å²) in [5, 5.41) is 11.7. The number of carbonyl (C=O) groups excluding carboxylic acids is 1. The van der Waals surface area contributed by atoms with Gasteiger partial charge in [-0.2, -0.15) is 0 Å². The quantitative estimate of drug-likeness (QED) is 0.793. The molecule has 0 bridgehead atoms. The lowest BCUT2D eigenvalue weighted by atomic mass is 10.0. The molecular weight excluding hydrogens is 264 g/mol. The fourth-order valence-electron chi connectivity index (χ4n) is 3.00. The summed E-state index contributed by atoms with van der Waals surface area (Å²) in [5.41, 5.74) is 1.29. The van der Waals surface area contributed by atoms with Crippen LogP contribution in [0.4, 0.5) is 4.79 Å². The third kappa shape index (κ3) is 3.83. The van der Waals surface area contributed by atoms with E-state index in [1.165, 1.54) is 5.56 Å². The van der Waals surface area contributed by atoms with E-state index in [2.05, 4.69) is 37.8 Å². The number of quaternary nitrogens is 1. The van der Waals surface area contributed by atoms with E-state index >= 15 is 0 Å². The van der Waals surface area contributed by atoms with Crippen molar-refractivity contribution in [2.75, 3.05) is 32.7 Å². The average Bonchev–Trinajstić information content (AvgIpc) is 2.45. The van der Waals surface area contributed by atoms with Crippen molar-refractivity contribution in [3.8, 4) is 0 Å². The number of nitrogens with zero attached hydrogens (tertiary/aromatic N) is 2. The van der Waals surface area contributed by atoms with Crippen LogP contribution < -0.4 is 5.11 Å². The van der Waals surface area contributed by atoms with Gasteiger partial charge in [-0.3, -0.25) is 9.38 Å². The van der Waals surface area contributed by atoms with E-state index in [0.717, 1.165) is 19.5 Å². The van der Waals surface area contributed by atoms with Crippen molar-refractivity contribution < 1.29 is 14.4 Å². The second-order valence-corrected chi connectivity index (χ2v) is 6.98. The lowest BCUT2D eigenvalue weighted by Crippen LogP contribution is -2.68. The maximum absolute atomic E-state index is 11.7. The number of piperazine rings is 1. The highest BCUT2D eigenvalue weighted by Gasteiger charge is 2.37. The van der Waals surface area contributed by atoms with Gasteiger partial charge in [-0.15, -0.1) is 0 Å². The maximum atomic E-state index is 11.7. The Labute approximate surface area is 127 Å². The molecular formula is C17H26N2O2. The van der Waals surface area contributed by atoms with E-state index < -0.39 is 6.09 Å². The molecule has 1 fully saturated rings. The van der Waals surface area contributed by atoms with E-state index in [1.54, 1.807) is 0 Å². The van der Waals surface area contributed by atoms with Gasteiger partial charge in [0.2, 0.25) is 0 Å². The molecule has 0 spiro atoms. The van der Waals surface area contributed by atoms with Gasteiger partial charge in [-0.1, -0.05) is 30.3 Å². The van der Waals surface area contributed by atoms with Crippen LogP contribution in [-0.4, -0.2) is 53.7 Å². The first-order valence-corrected chi connectivity index (χ1v) is 7.70. The van der Waals surface area contributed by atoms with Crippen LogP contribution in [0.3, 0.4) is 0 Å². The molecule has 21 heavy (non-hydrogen) atoms. The fraction of sp³-hybridized carbons (Fsp3) is 0.588. The number of hydrogen-bond acceptors (Lipinski definition) is 3. The highest BCUT2D eigenvalue weighted by Crippen LogP contribution is 2.21. The van der Waals surface area contributed by atoms with Gasteiger partial charge in [-0.05, 0) is 26.3 Å². The minimum absolute atomic E-state index is 0.0848. The van der Waals surface area contributed by atoms with Crippen molar-refractivity contribution in [3.63, 3.8) is 0 Å². The van der Waals surface area contributed by atoms with Gasteiger partial charge in [0.1, 0.15) is 0 Å². The molecule has 0 N–H and O–H groups in total. The topological polar surface area (TPSA) is 43.4 Å². The molecule has 0 radical (unpaired) electrons. The Morgan fingerprint density at radius 3 is 2.24 bits per heavy atom. The van der Waals surface area contributed by atoms with Crippen molar-refractivity contribution in [3.05, 3.63) is 35.9 Å². The summed E-state index contributed by atoms with van der Waals surface area (Å²) in [6, 6.07) is 10.1. The summed E-state index contributed by atoms with van der Waals surface area (Å²) < 4.78 is 0.0848. The Morgan fingerprint density at radius 1 is 1.19 bits per heavy atom. The molecule has 1 aromatic rings. The van der Waals surface area contributed by atoms with Crippen LogP contribution in [-0.2, 0) is 6.42 Å². The first kappa shape index (κ1) is 16.0. The predicted molar refractivity (Wildman–Crippen MR) is 81.7 cm³/mol. The molecule has 116 valence electrons. The summed E-state index contributed by atoms with van der Waals surface area (Å²) in [4.78, 5) is 14.1. The van der Waals surface area contributed by atoms with Crippen LogP contribution in [0.1, 0.15) is 26.3 Å². The summed E-state index contributed by atoms with van der Waals surface area (Å²) in [6.07, 6.45) is -0.149. The van der Waals surface area contributed by atoms with E-state index in [4.69, 9.17) is 0 Å². The normalized spacial score (nSPS) is 19.4. The molecule has 0 atom stereocenters. The number of hydrogen-bond donors (Lipinski definition) is 0. The Balaban J connectivity index is 2.01. The summed E-state index contributed by atoms with van der Waals surface area (Å²) in [6.45, 7) is 10.0. The molecule has 0 aromatic heterocycles. The average molecular weight is 290 g/mol. The third-order valence-corrected chi connectivity index (χ3v) is 4.60. The standard InChI is InChI=1S/C17H26N2O2/c1-17(2,3)18-10-13-19(14-11-18,16(20)21)12-9-15-7-5-4-6-8-15/h4-8H,9-14H2,1-3H3. The molecule has 1 aromatic carbocycles. The zero-order chi connectivity index (χ0) is 15.5. The number of rotatable bonds is 3. The van der Waals surface area contributed by atoms with Crippen LogP contribution in [0.5, 0.6) is 0 Å². The van der Waals surface area contributed by atoms with Gasteiger partial charge < -0.3 is 9.90 Å². The lowest BCUT2D eigenvalue weighted by Gasteiger charge is -2.47. The van der Waals surface area contributed by atoms with Gasteiger partial charge >= 0.3 is 0 Å². The molecule has 1 aliphatic heterocycles. The predicted octanol–water partition coefficient (Wildman–Crippen LogP) is 1.50. The van der Waals surface area contributed by atoms with E-state index in [9.17, 15) is 9.90 Å². The lowest BCUT2D eigenvalue weighted by molar-refractivity contribution is -0.880. The Bertz CT molecular complexity index is 471. The van der Waals surface area contributed by atoms with Crippen molar-refractivity contribution in [2.45, 2.75) is 32.7 Å². The zero-order valence-electron chi connectivity index (χ0n) is 13.3. The molecule has 0 aliphatic carbocycles. The highest BCUT2D eigenvalue weighted by atomic mass is 16.4. The number of carboxylic acid groups (broad SMARTS) is 1. The molecule has 4 heteroatoms. The summed E-state index contributed by atoms with van der Waals surface area (Å²) in [7, 11) is 0. The third-order valence-electron chi connectivity index (χ3n) is 4.60. The smallest absolute Gasteiger partial charge is 0.257 e. The van der Waals surface area contributed by atoms with Gasteiger partial charge in [0.15, 0.2) is 0 Å². The zero-order valence-corrected chi connectivity index (χ0v) is 13.3. The number of carbonyl (C=O) groups is 1. The maximum Gasteiger partial charge on any atom is 0.257 e. The molecule has 2 rings (SSSR count). The molecule has 1 aliphatic rings. The Morgan fingerprint density at radius 2 is 1.76 bits per heavy atom. The molecule has 4 nitrogen and oxygen atoms in total. The minimum Gasteiger partial charge on any atom is -0.498 e. The van der Waals surface area contributed by atoms with Crippen molar-refractivity contribution in [1.29, 1.82) is 0 Å². The number of benzene rings is 1. The number of amides is 1. The molecule has 1 amide bonds. The first-order chi connectivity index (χ1) is 9.83. The van der Waals surface area contributed by atoms with Crippen molar-refractivity contribution in [1.82, 2.24) is 4.90 Å². The van der Waals surface area contributed by atoms with Crippen LogP contribution in [0.2, 0.25) is 0 Å². The highest BCUT2D eigenvalue weighted by molar-refractivity contribution is 5.54. The van der Waals surface area contributed by atoms with Crippen molar-refractivity contribution in [2.24, 2.45) is 0 Å². The van der Waals surface area contributed by atoms with Gasteiger partial charge in [0.25, 0.3) is 6.09 Å². The van der Waals surface area contributed by atoms with E-state index in [1.807, 2.05) is 18.2 Å². The van der Waals surface area contributed by atoms with Crippen LogP contribution in [0.25, 0.3) is 0 Å². The first-order valence-electron chi connectivity index (χ1n) is 7.70. The van der Waals surface area contributed by atoms with Crippen LogP contribution in [0, 0.1) is 0 Å². The van der Waals surface area contributed by atoms with Gasteiger partial charge in [0, 0.05) is 25.0 Å². The molecule has 0 unspecified atom stereocenters. The van der Waals surface area contributed by atoms with E-state index in [-0.39, 0.29) is 10.0 Å². The van der Waals surface area contributed by atoms with Gasteiger partial charge in [-0.25, -0.2) is 0 Å². The van der Waals surface area contributed by atoms with Gasteiger partial charge in [0.05, 0.1) is 19.6 Å². The van der Waals surface area contributed by atoms with Crippen LogP contribution in [0.15, 0.2) is 30.3 Å². The molecule has 1 saturated heterocycles. The minimum atomic E-state index is -0.931. The fourth-order valence-corrected chi connectivity index (χ4v) is 3.00. The van der Waals surface area contributed by atoms with Crippen LogP contribution >= 0.6 is 0 Å². The second-order valence-electron chi connectivity index (χ2n) is 6.98. The largest absolute Gasteiger partial charge is 0.498 e. The summed E-state index contributed by atoms with van der Waals surface area (Å²) >= 11 is 0. The van der Waals surface area contributed by atoms with Crippen molar-refractivity contribution >= 4 is 6.09 Å². The Hall–Kier alpha value is -1.39. The molecule has 0 saturated carbocycles. The molecule has 1 heterocycles. The van der Waals surface area contributed by atoms with E-state index in [0.29, 0.717) is 19.6 Å². The SMILES string of the molecule is CC(C)(C)N1CC[N+](CCc2ccccc2)(C(=O)[O-])CC1. The monoisotopic (exact) mass is 290 g/mol. The second kappa shape index (κ2) is 6.16.